The molecule has 4 heteroatoms. The highest BCUT2D eigenvalue weighted by Gasteiger charge is 2.27. The zero-order chi connectivity index (χ0) is 13.1. The van der Waals surface area contributed by atoms with Gasteiger partial charge in [-0.25, -0.2) is 8.78 Å². The fourth-order valence-electron chi connectivity index (χ4n) is 2.71. The molecule has 1 aliphatic carbocycles. The lowest BCUT2D eigenvalue weighted by Gasteiger charge is -2.27. The predicted octanol–water partition coefficient (Wildman–Crippen LogP) is 2.32. The van der Waals surface area contributed by atoms with Gasteiger partial charge < -0.3 is 10.6 Å². The van der Waals surface area contributed by atoms with Crippen molar-refractivity contribution in [2.24, 2.45) is 5.73 Å². The minimum atomic E-state index is -0.383. The maximum absolute atomic E-state index is 13.5. The molecular weight excluding hydrogens is 234 g/mol. The van der Waals surface area contributed by atoms with Gasteiger partial charge >= 0.3 is 0 Å². The second-order valence-corrected chi connectivity index (χ2v) is 5.13. The topological polar surface area (TPSA) is 29.3 Å². The Balaban J connectivity index is 1.92. The summed E-state index contributed by atoms with van der Waals surface area (Å²) in [7, 11) is 2.01. The van der Waals surface area contributed by atoms with Gasteiger partial charge in [0.1, 0.15) is 11.6 Å². The Morgan fingerprint density at radius 2 is 2.11 bits per heavy atom. The van der Waals surface area contributed by atoms with E-state index >= 15 is 0 Å². The Kier molecular flexibility index (Phi) is 4.30. The minimum absolute atomic E-state index is 0.215. The molecule has 2 rings (SSSR count). The second kappa shape index (κ2) is 5.76. The lowest BCUT2D eigenvalue weighted by molar-refractivity contribution is 0.230. The molecule has 0 aliphatic heterocycles. The van der Waals surface area contributed by atoms with Crippen LogP contribution in [0.1, 0.15) is 24.8 Å². The van der Waals surface area contributed by atoms with Crippen LogP contribution in [0, 0.1) is 11.6 Å². The molecule has 0 aromatic heterocycles. The van der Waals surface area contributed by atoms with Gasteiger partial charge in [-0.1, -0.05) is 6.42 Å². The fraction of sp³-hybridized carbons (Fsp3) is 0.571. The van der Waals surface area contributed by atoms with E-state index < -0.39 is 0 Å². The Hall–Kier alpha value is -1.00. The third-order valence-corrected chi connectivity index (χ3v) is 3.84. The molecule has 1 aromatic rings. The first kappa shape index (κ1) is 13.4. The normalized spacial score (nSPS) is 23.8. The molecule has 0 heterocycles. The van der Waals surface area contributed by atoms with Crippen LogP contribution in [-0.4, -0.2) is 30.6 Å². The highest BCUT2D eigenvalue weighted by molar-refractivity contribution is 5.19. The number of rotatable bonds is 4. The smallest absolute Gasteiger partial charge is 0.126 e. The van der Waals surface area contributed by atoms with Crippen molar-refractivity contribution in [3.05, 3.63) is 35.4 Å². The number of hydrogen-bond acceptors (Lipinski definition) is 2. The summed E-state index contributed by atoms with van der Waals surface area (Å²) >= 11 is 0. The van der Waals surface area contributed by atoms with E-state index in [1.807, 2.05) is 7.05 Å². The molecule has 1 saturated carbocycles. The van der Waals surface area contributed by atoms with Crippen molar-refractivity contribution < 1.29 is 8.78 Å². The monoisotopic (exact) mass is 254 g/mol. The highest BCUT2D eigenvalue weighted by atomic mass is 19.1. The van der Waals surface area contributed by atoms with Crippen LogP contribution in [-0.2, 0) is 6.42 Å². The molecule has 1 aliphatic rings. The van der Waals surface area contributed by atoms with E-state index in [1.165, 1.54) is 12.1 Å². The van der Waals surface area contributed by atoms with Crippen LogP contribution >= 0.6 is 0 Å². The highest BCUT2D eigenvalue weighted by Crippen LogP contribution is 2.22. The van der Waals surface area contributed by atoms with Crippen LogP contribution < -0.4 is 5.73 Å². The lowest BCUT2D eigenvalue weighted by atomic mass is 10.1. The van der Waals surface area contributed by atoms with E-state index in [1.54, 1.807) is 0 Å². The van der Waals surface area contributed by atoms with Crippen LogP contribution in [0.25, 0.3) is 0 Å². The van der Waals surface area contributed by atoms with Gasteiger partial charge in [0.15, 0.2) is 0 Å². The van der Waals surface area contributed by atoms with E-state index in [0.29, 0.717) is 24.6 Å². The molecule has 100 valence electrons. The summed E-state index contributed by atoms with van der Waals surface area (Å²) in [4.78, 5) is 2.17. The molecule has 0 bridgehead atoms. The maximum atomic E-state index is 13.5. The Bertz CT molecular complexity index is 409. The van der Waals surface area contributed by atoms with Crippen molar-refractivity contribution in [3.8, 4) is 0 Å². The van der Waals surface area contributed by atoms with E-state index in [0.717, 1.165) is 25.3 Å². The number of benzene rings is 1. The number of nitrogens with two attached hydrogens (primary N) is 1. The molecule has 2 N–H and O–H groups in total. The van der Waals surface area contributed by atoms with Crippen molar-refractivity contribution in [2.75, 3.05) is 13.6 Å². The summed E-state index contributed by atoms with van der Waals surface area (Å²) in [6.45, 7) is 0.707. The summed E-state index contributed by atoms with van der Waals surface area (Å²) in [5, 5.41) is 0. The van der Waals surface area contributed by atoms with Crippen LogP contribution in [0.2, 0.25) is 0 Å². The zero-order valence-electron chi connectivity index (χ0n) is 10.7. The average molecular weight is 254 g/mol. The molecule has 2 atom stereocenters. The first-order valence-electron chi connectivity index (χ1n) is 6.47. The van der Waals surface area contributed by atoms with E-state index in [-0.39, 0.29) is 17.7 Å². The Labute approximate surface area is 107 Å². The molecular formula is C14H20F2N2. The third kappa shape index (κ3) is 3.06. The summed E-state index contributed by atoms with van der Waals surface area (Å²) in [5.74, 6) is -0.716. The average Bonchev–Trinajstić information content (AvgIpc) is 2.76. The fourth-order valence-corrected chi connectivity index (χ4v) is 2.71. The summed E-state index contributed by atoms with van der Waals surface area (Å²) in [5.41, 5.74) is 6.47. The molecule has 0 amide bonds. The quantitative estimate of drug-likeness (QED) is 0.893. The maximum Gasteiger partial charge on any atom is 0.126 e. The van der Waals surface area contributed by atoms with Gasteiger partial charge in [0.2, 0.25) is 0 Å². The van der Waals surface area contributed by atoms with Crippen LogP contribution in [0.4, 0.5) is 8.78 Å². The first-order chi connectivity index (χ1) is 8.58. The Morgan fingerprint density at radius 1 is 1.33 bits per heavy atom. The van der Waals surface area contributed by atoms with Gasteiger partial charge in [-0.2, -0.15) is 0 Å². The molecule has 0 saturated heterocycles. The van der Waals surface area contributed by atoms with E-state index in [4.69, 9.17) is 5.73 Å². The van der Waals surface area contributed by atoms with Gasteiger partial charge in [0.25, 0.3) is 0 Å². The molecule has 18 heavy (non-hydrogen) atoms. The van der Waals surface area contributed by atoms with Crippen molar-refractivity contribution in [2.45, 2.75) is 37.8 Å². The summed E-state index contributed by atoms with van der Waals surface area (Å²) < 4.78 is 26.5. The third-order valence-electron chi connectivity index (χ3n) is 3.84. The predicted molar refractivity (Wildman–Crippen MR) is 68.3 cm³/mol. The second-order valence-electron chi connectivity index (χ2n) is 5.13. The molecule has 0 spiro atoms. The van der Waals surface area contributed by atoms with Crippen LogP contribution in [0.3, 0.4) is 0 Å². The number of nitrogens with zero attached hydrogens (tertiary/aromatic N) is 1. The number of halogens is 2. The van der Waals surface area contributed by atoms with Gasteiger partial charge in [0, 0.05) is 18.6 Å². The standard InChI is InChI=1S/C14H20F2N2/c1-18(14-4-2-3-13(14)17)8-7-10-9-11(15)5-6-12(10)16/h5-6,9,13-14H,2-4,7-8,17H2,1H3. The van der Waals surface area contributed by atoms with Gasteiger partial charge in [-0.15, -0.1) is 0 Å². The zero-order valence-corrected chi connectivity index (χ0v) is 10.7. The summed E-state index contributed by atoms with van der Waals surface area (Å²) in [6, 6.07) is 4.20. The van der Waals surface area contributed by atoms with Crippen molar-refractivity contribution in [1.29, 1.82) is 0 Å². The minimum Gasteiger partial charge on any atom is -0.326 e. The largest absolute Gasteiger partial charge is 0.326 e. The molecule has 2 nitrogen and oxygen atoms in total. The first-order valence-corrected chi connectivity index (χ1v) is 6.47. The van der Waals surface area contributed by atoms with Crippen molar-refractivity contribution in [1.82, 2.24) is 4.90 Å². The van der Waals surface area contributed by atoms with E-state index in [2.05, 4.69) is 4.90 Å². The molecule has 2 unspecified atom stereocenters. The number of likely N-dealkylation sites (N-methyl/N-ethyl adjacent to an activating group) is 1. The van der Waals surface area contributed by atoms with Crippen LogP contribution in [0.15, 0.2) is 18.2 Å². The van der Waals surface area contributed by atoms with Gasteiger partial charge in [-0.3, -0.25) is 0 Å². The van der Waals surface area contributed by atoms with Gasteiger partial charge in [-0.05, 0) is 50.1 Å². The lowest BCUT2D eigenvalue weighted by Crippen LogP contribution is -2.43. The van der Waals surface area contributed by atoms with Crippen LogP contribution in [0.5, 0.6) is 0 Å². The van der Waals surface area contributed by atoms with Crippen molar-refractivity contribution in [3.63, 3.8) is 0 Å². The van der Waals surface area contributed by atoms with Crippen molar-refractivity contribution >= 4 is 0 Å². The molecule has 1 fully saturated rings. The number of hydrogen-bond donors (Lipinski definition) is 1. The Morgan fingerprint density at radius 3 is 2.78 bits per heavy atom. The SMILES string of the molecule is CN(CCc1cc(F)ccc1F)C1CCCC1N. The van der Waals surface area contributed by atoms with Gasteiger partial charge in [0.05, 0.1) is 0 Å². The molecule has 0 radical (unpaired) electrons. The summed E-state index contributed by atoms with van der Waals surface area (Å²) in [6.07, 6.45) is 3.83. The van der Waals surface area contributed by atoms with E-state index in [9.17, 15) is 8.78 Å². The molecule has 1 aromatic carbocycles.